The van der Waals surface area contributed by atoms with Gasteiger partial charge in [0.2, 0.25) is 0 Å². The van der Waals surface area contributed by atoms with E-state index in [-0.39, 0.29) is 5.91 Å². The summed E-state index contributed by atoms with van der Waals surface area (Å²) in [5.41, 5.74) is 5.95. The Morgan fingerprint density at radius 3 is 2.19 bits per heavy atom. The summed E-state index contributed by atoms with van der Waals surface area (Å²) < 4.78 is 37.1. The topological polar surface area (TPSA) is 95.5 Å². The van der Waals surface area contributed by atoms with Crippen molar-refractivity contribution in [3.05, 3.63) is 78.6 Å². The van der Waals surface area contributed by atoms with Crippen molar-refractivity contribution in [2.24, 2.45) is 0 Å². The van der Waals surface area contributed by atoms with E-state index < -0.39 is 12.1 Å². The number of carboxylic acid groups (broad SMARTS) is 1. The summed E-state index contributed by atoms with van der Waals surface area (Å²) in [7, 11) is 0. The maximum atomic E-state index is 12.6. The molecule has 2 N–H and O–H groups in total. The monoisotopic (exact) mass is 497 g/mol. The van der Waals surface area contributed by atoms with Crippen molar-refractivity contribution < 1.29 is 32.6 Å². The lowest BCUT2D eigenvalue weighted by Crippen LogP contribution is -2.40. The van der Waals surface area contributed by atoms with Gasteiger partial charge in [0.1, 0.15) is 0 Å². The summed E-state index contributed by atoms with van der Waals surface area (Å²) in [5.74, 6) is -2.70. The standard InChI is InChI=1S/C24H21N3O2.C2HF3O2/c28-24(27-9-11-29-12-10-27)18-7-5-17(6-8-18)20-13-21(16-25-15-20)23-14-19-3-1-2-4-22(19)26-23;3-2(4,5)1(6)7/h1-8,13-16,26H,9-12H2;(H,6,7). The van der Waals surface area contributed by atoms with Crippen LogP contribution in [0.15, 0.2) is 73.1 Å². The van der Waals surface area contributed by atoms with Gasteiger partial charge in [-0.2, -0.15) is 13.2 Å². The van der Waals surface area contributed by atoms with Crippen LogP contribution in [0.25, 0.3) is 33.3 Å². The van der Waals surface area contributed by atoms with Crippen LogP contribution in [-0.2, 0) is 9.53 Å². The minimum absolute atomic E-state index is 0.0600. The summed E-state index contributed by atoms with van der Waals surface area (Å²) in [5, 5.41) is 8.30. The van der Waals surface area contributed by atoms with E-state index in [1.165, 1.54) is 5.39 Å². The molecule has 36 heavy (non-hydrogen) atoms. The van der Waals surface area contributed by atoms with Gasteiger partial charge in [-0.1, -0.05) is 30.3 Å². The fourth-order valence-corrected chi connectivity index (χ4v) is 3.73. The molecular weight excluding hydrogens is 475 g/mol. The van der Waals surface area contributed by atoms with Crippen LogP contribution in [0.4, 0.5) is 13.2 Å². The number of aromatic nitrogens is 2. The first kappa shape index (κ1) is 24.9. The zero-order valence-electron chi connectivity index (χ0n) is 19.0. The van der Waals surface area contributed by atoms with E-state index in [0.717, 1.165) is 27.9 Å². The van der Waals surface area contributed by atoms with Gasteiger partial charge in [0.05, 0.1) is 13.2 Å². The number of ether oxygens (including phenoxy) is 1. The molecule has 1 aliphatic rings. The van der Waals surface area contributed by atoms with Gasteiger partial charge >= 0.3 is 12.1 Å². The highest BCUT2D eigenvalue weighted by molar-refractivity contribution is 5.95. The molecular formula is C26H22F3N3O4. The number of benzene rings is 2. The summed E-state index contributed by atoms with van der Waals surface area (Å²) in [4.78, 5) is 31.2. The van der Waals surface area contributed by atoms with Crippen LogP contribution < -0.4 is 0 Å². The Bertz CT molecular complexity index is 1330. The average molecular weight is 497 g/mol. The van der Waals surface area contributed by atoms with Crippen LogP contribution in [0.3, 0.4) is 0 Å². The Kier molecular flexibility index (Phi) is 7.35. The van der Waals surface area contributed by atoms with E-state index in [9.17, 15) is 18.0 Å². The zero-order chi connectivity index (χ0) is 25.7. The van der Waals surface area contributed by atoms with E-state index in [0.29, 0.717) is 31.9 Å². The van der Waals surface area contributed by atoms with Crippen molar-refractivity contribution in [2.75, 3.05) is 26.3 Å². The van der Waals surface area contributed by atoms with Crippen molar-refractivity contribution in [1.29, 1.82) is 0 Å². The lowest BCUT2D eigenvalue weighted by Gasteiger charge is -2.26. The Hall–Kier alpha value is -4.18. The summed E-state index contributed by atoms with van der Waals surface area (Å²) in [6.07, 6.45) is -1.37. The molecule has 0 spiro atoms. The third-order valence-corrected chi connectivity index (χ3v) is 5.59. The predicted octanol–water partition coefficient (Wildman–Crippen LogP) is 5.00. The van der Waals surface area contributed by atoms with E-state index in [1.807, 2.05) is 53.7 Å². The number of carbonyl (C=O) groups excluding carboxylic acids is 1. The number of para-hydroxylation sites is 1. The molecule has 2 aromatic heterocycles. The van der Waals surface area contributed by atoms with E-state index in [1.54, 1.807) is 0 Å². The second-order valence-corrected chi connectivity index (χ2v) is 8.02. The molecule has 0 atom stereocenters. The number of halogens is 3. The summed E-state index contributed by atoms with van der Waals surface area (Å²) in [6, 6.07) is 20.2. The van der Waals surface area contributed by atoms with E-state index in [2.05, 4.69) is 34.2 Å². The Morgan fingerprint density at radius 2 is 1.56 bits per heavy atom. The van der Waals surface area contributed by atoms with Gasteiger partial charge in [0, 0.05) is 58.8 Å². The molecule has 1 fully saturated rings. The number of rotatable bonds is 3. The van der Waals surface area contributed by atoms with Gasteiger partial charge in [-0.15, -0.1) is 0 Å². The number of alkyl halides is 3. The first-order valence-electron chi connectivity index (χ1n) is 11.0. The molecule has 3 heterocycles. The first-order valence-corrected chi connectivity index (χ1v) is 11.0. The average Bonchev–Trinajstić information content (AvgIpc) is 3.33. The summed E-state index contributed by atoms with van der Waals surface area (Å²) >= 11 is 0. The quantitative estimate of drug-likeness (QED) is 0.415. The number of hydrogen-bond acceptors (Lipinski definition) is 4. The van der Waals surface area contributed by atoms with Gasteiger partial charge in [0.25, 0.3) is 5.91 Å². The second kappa shape index (κ2) is 10.6. The van der Waals surface area contributed by atoms with Crippen LogP contribution in [-0.4, -0.2) is 64.3 Å². The molecule has 4 aromatic rings. The fraction of sp³-hybridized carbons (Fsp3) is 0.192. The minimum atomic E-state index is -5.08. The zero-order valence-corrected chi connectivity index (χ0v) is 19.0. The Balaban J connectivity index is 0.000000384. The number of aromatic amines is 1. The molecule has 1 amide bonds. The molecule has 2 aromatic carbocycles. The van der Waals surface area contributed by atoms with E-state index >= 15 is 0 Å². The second-order valence-electron chi connectivity index (χ2n) is 8.02. The third-order valence-electron chi connectivity index (χ3n) is 5.59. The highest BCUT2D eigenvalue weighted by Crippen LogP contribution is 2.28. The largest absolute Gasteiger partial charge is 0.490 e. The van der Waals surface area contributed by atoms with Crippen molar-refractivity contribution in [1.82, 2.24) is 14.9 Å². The van der Waals surface area contributed by atoms with Crippen molar-refractivity contribution >= 4 is 22.8 Å². The highest BCUT2D eigenvalue weighted by atomic mass is 19.4. The first-order chi connectivity index (χ1) is 17.2. The number of aliphatic carboxylic acids is 1. The number of H-pyrrole nitrogens is 1. The number of nitrogens with zero attached hydrogens (tertiary/aromatic N) is 2. The van der Waals surface area contributed by atoms with Gasteiger partial charge in [-0.05, 0) is 35.9 Å². The normalized spacial score (nSPS) is 13.7. The van der Waals surface area contributed by atoms with Crippen molar-refractivity contribution in [3.63, 3.8) is 0 Å². The molecule has 0 radical (unpaired) electrons. The molecule has 0 saturated carbocycles. The van der Waals surface area contributed by atoms with Crippen LogP contribution in [0, 0.1) is 0 Å². The maximum Gasteiger partial charge on any atom is 0.490 e. The lowest BCUT2D eigenvalue weighted by molar-refractivity contribution is -0.192. The van der Waals surface area contributed by atoms with Gasteiger partial charge < -0.3 is 19.7 Å². The van der Waals surface area contributed by atoms with Crippen LogP contribution >= 0.6 is 0 Å². The molecule has 1 aliphatic heterocycles. The molecule has 5 rings (SSSR count). The molecule has 0 bridgehead atoms. The number of amides is 1. The predicted molar refractivity (Wildman–Crippen MR) is 127 cm³/mol. The summed E-state index contributed by atoms with van der Waals surface area (Å²) in [6.45, 7) is 2.51. The number of carbonyl (C=O) groups is 2. The van der Waals surface area contributed by atoms with Crippen LogP contribution in [0.5, 0.6) is 0 Å². The molecule has 0 unspecified atom stereocenters. The number of hydrogen-bond donors (Lipinski definition) is 2. The van der Waals surface area contributed by atoms with Crippen molar-refractivity contribution in [2.45, 2.75) is 6.18 Å². The number of carboxylic acids is 1. The number of pyridine rings is 1. The number of fused-ring (bicyclic) bond motifs is 1. The number of morpholine rings is 1. The lowest BCUT2D eigenvalue weighted by atomic mass is 10.0. The van der Waals surface area contributed by atoms with E-state index in [4.69, 9.17) is 14.6 Å². The maximum absolute atomic E-state index is 12.6. The molecule has 186 valence electrons. The highest BCUT2D eigenvalue weighted by Gasteiger charge is 2.38. The minimum Gasteiger partial charge on any atom is -0.475 e. The SMILES string of the molecule is O=C(O)C(F)(F)F.O=C(c1ccc(-c2cncc(-c3cc4ccccc4[nH]3)c2)cc1)N1CCOCC1. The Labute approximate surface area is 204 Å². The Morgan fingerprint density at radius 1 is 0.917 bits per heavy atom. The van der Waals surface area contributed by atoms with Gasteiger partial charge in [-0.3, -0.25) is 9.78 Å². The third kappa shape index (κ3) is 5.89. The van der Waals surface area contributed by atoms with Gasteiger partial charge in [0.15, 0.2) is 0 Å². The van der Waals surface area contributed by atoms with Crippen LogP contribution in [0.2, 0.25) is 0 Å². The molecule has 1 saturated heterocycles. The smallest absolute Gasteiger partial charge is 0.475 e. The van der Waals surface area contributed by atoms with Gasteiger partial charge in [-0.25, -0.2) is 4.79 Å². The van der Waals surface area contributed by atoms with Crippen LogP contribution in [0.1, 0.15) is 10.4 Å². The molecule has 7 nitrogen and oxygen atoms in total. The number of nitrogens with one attached hydrogen (secondary N) is 1. The van der Waals surface area contributed by atoms with Crippen molar-refractivity contribution in [3.8, 4) is 22.4 Å². The molecule has 10 heteroatoms. The molecule has 0 aliphatic carbocycles. The fourth-order valence-electron chi connectivity index (χ4n) is 3.73.